The number of thioether (sulfide) groups is 1. The molecule has 0 saturated heterocycles. The summed E-state index contributed by atoms with van der Waals surface area (Å²) in [5.41, 5.74) is 5.59. The number of nitrogens with two attached hydrogens (primary N) is 1. The fraction of sp³-hybridized carbons (Fsp3) is 0.400. The van der Waals surface area contributed by atoms with Crippen molar-refractivity contribution in [3.05, 3.63) is 24.0 Å². The highest BCUT2D eigenvalue weighted by Gasteiger charge is 2.22. The van der Waals surface area contributed by atoms with Crippen LogP contribution >= 0.6 is 24.0 Å². The topological polar surface area (TPSA) is 85.1 Å². The van der Waals surface area contributed by atoms with Gasteiger partial charge in [-0.1, -0.05) is 12.2 Å². The van der Waals surface area contributed by atoms with Gasteiger partial charge in [0.2, 0.25) is 10.0 Å². The van der Waals surface area contributed by atoms with E-state index in [0.29, 0.717) is 5.75 Å². The van der Waals surface area contributed by atoms with Gasteiger partial charge < -0.3 is 5.73 Å². The normalized spacial score (nSPS) is 13.2. The second-order valence-corrected chi connectivity index (χ2v) is 6.72. The summed E-state index contributed by atoms with van der Waals surface area (Å²) in [4.78, 5) is 3.89. The maximum absolute atomic E-state index is 12.2. The number of thiocarbonyl (C=S) groups is 1. The van der Waals surface area contributed by atoms with Crippen LogP contribution < -0.4 is 10.5 Å². The molecule has 0 radical (unpaired) electrons. The number of sulfonamides is 1. The predicted molar refractivity (Wildman–Crippen MR) is 78.3 cm³/mol. The third kappa shape index (κ3) is 3.91. The van der Waals surface area contributed by atoms with Crippen molar-refractivity contribution >= 4 is 39.0 Å². The number of pyridine rings is 1. The molecule has 18 heavy (non-hydrogen) atoms. The fourth-order valence-corrected chi connectivity index (χ4v) is 3.74. The van der Waals surface area contributed by atoms with Gasteiger partial charge in [-0.3, -0.25) is 4.98 Å². The first-order valence-electron chi connectivity index (χ1n) is 5.14. The molecule has 0 aliphatic rings. The van der Waals surface area contributed by atoms with Crippen molar-refractivity contribution in [3.8, 4) is 0 Å². The van der Waals surface area contributed by atoms with E-state index < -0.39 is 10.0 Å². The van der Waals surface area contributed by atoms with Crippen LogP contribution in [0.2, 0.25) is 0 Å². The Kier molecular flexibility index (Phi) is 5.51. The lowest BCUT2D eigenvalue weighted by molar-refractivity contribution is 0.570. The van der Waals surface area contributed by atoms with Crippen molar-refractivity contribution in [3.63, 3.8) is 0 Å². The summed E-state index contributed by atoms with van der Waals surface area (Å²) in [6, 6.07) is 2.80. The van der Waals surface area contributed by atoms with E-state index in [1.807, 2.05) is 6.26 Å². The van der Waals surface area contributed by atoms with Crippen molar-refractivity contribution in [2.75, 3.05) is 12.0 Å². The number of rotatable bonds is 6. The van der Waals surface area contributed by atoms with Gasteiger partial charge in [0.1, 0.15) is 15.6 Å². The Morgan fingerprint density at radius 2 is 2.33 bits per heavy atom. The lowest BCUT2D eigenvalue weighted by Crippen LogP contribution is -2.35. The van der Waals surface area contributed by atoms with E-state index in [1.165, 1.54) is 18.3 Å². The van der Waals surface area contributed by atoms with Crippen LogP contribution in [0.25, 0.3) is 0 Å². The molecule has 0 fully saturated rings. The van der Waals surface area contributed by atoms with Gasteiger partial charge in [-0.2, -0.15) is 11.8 Å². The Balaban J connectivity index is 3.09. The maximum Gasteiger partial charge on any atom is 0.243 e. The first-order valence-corrected chi connectivity index (χ1v) is 8.43. The summed E-state index contributed by atoms with van der Waals surface area (Å²) in [5.74, 6) is 0.682. The van der Waals surface area contributed by atoms with Crippen LogP contribution in [0.1, 0.15) is 12.6 Å². The van der Waals surface area contributed by atoms with Crippen LogP contribution in [0, 0.1) is 0 Å². The quantitative estimate of drug-likeness (QED) is 0.754. The fourth-order valence-electron chi connectivity index (χ4n) is 1.40. The van der Waals surface area contributed by atoms with Crippen molar-refractivity contribution < 1.29 is 8.42 Å². The van der Waals surface area contributed by atoms with Gasteiger partial charge in [0, 0.05) is 18.0 Å². The first kappa shape index (κ1) is 15.4. The van der Waals surface area contributed by atoms with Crippen molar-refractivity contribution in [1.82, 2.24) is 9.71 Å². The molecule has 1 aromatic rings. The summed E-state index contributed by atoms with van der Waals surface area (Å²) < 4.78 is 26.9. The Hall–Kier alpha value is -0.700. The average Bonchev–Trinajstić information content (AvgIpc) is 2.28. The second-order valence-electron chi connectivity index (χ2n) is 3.69. The number of hydrogen-bond acceptors (Lipinski definition) is 5. The molecule has 1 rings (SSSR count). The minimum atomic E-state index is -3.65. The minimum absolute atomic E-state index is 0.0189. The van der Waals surface area contributed by atoms with Gasteiger partial charge in [0.05, 0.1) is 0 Å². The maximum atomic E-state index is 12.2. The second kappa shape index (κ2) is 6.46. The molecular formula is C10H15N3O2S3. The largest absolute Gasteiger partial charge is 0.388 e. The molecule has 1 aromatic heterocycles. The molecule has 8 heteroatoms. The lowest BCUT2D eigenvalue weighted by Gasteiger charge is -2.14. The number of nitrogens with zero attached hydrogens (tertiary/aromatic N) is 1. The van der Waals surface area contributed by atoms with Gasteiger partial charge >= 0.3 is 0 Å². The van der Waals surface area contributed by atoms with Crippen LogP contribution in [0.15, 0.2) is 23.2 Å². The van der Waals surface area contributed by atoms with E-state index in [9.17, 15) is 8.42 Å². The molecule has 1 unspecified atom stereocenters. The smallest absolute Gasteiger partial charge is 0.243 e. The summed E-state index contributed by atoms with van der Waals surface area (Å²) in [5, 5.41) is 0. The van der Waals surface area contributed by atoms with Crippen LogP contribution in [-0.4, -0.2) is 36.4 Å². The van der Waals surface area contributed by atoms with E-state index in [0.717, 1.165) is 0 Å². The summed E-state index contributed by atoms with van der Waals surface area (Å²) in [6.45, 7) is 1.80. The zero-order valence-electron chi connectivity index (χ0n) is 10.1. The van der Waals surface area contributed by atoms with Gasteiger partial charge in [0.25, 0.3) is 0 Å². The number of aromatic nitrogens is 1. The number of nitrogens with one attached hydrogen (secondary N) is 1. The van der Waals surface area contributed by atoms with E-state index in [4.69, 9.17) is 18.0 Å². The van der Waals surface area contributed by atoms with Crippen molar-refractivity contribution in [2.24, 2.45) is 5.73 Å². The van der Waals surface area contributed by atoms with E-state index >= 15 is 0 Å². The molecule has 0 spiro atoms. The van der Waals surface area contributed by atoms with Crippen LogP contribution in [0.4, 0.5) is 0 Å². The minimum Gasteiger partial charge on any atom is -0.388 e. The molecule has 3 N–H and O–H groups in total. The zero-order chi connectivity index (χ0) is 13.8. The molecular weight excluding hydrogens is 290 g/mol. The molecule has 1 atom stereocenters. The SMILES string of the molecule is CSCC(C)NS(=O)(=O)c1cccnc1C(N)=S. The van der Waals surface area contributed by atoms with Crippen molar-refractivity contribution in [2.45, 2.75) is 17.9 Å². The third-order valence-electron chi connectivity index (χ3n) is 2.07. The molecule has 0 aromatic carbocycles. The highest BCUT2D eigenvalue weighted by Crippen LogP contribution is 2.13. The van der Waals surface area contributed by atoms with E-state index in [-0.39, 0.29) is 21.6 Å². The molecule has 0 amide bonds. The third-order valence-corrected chi connectivity index (χ3v) is 4.71. The monoisotopic (exact) mass is 305 g/mol. The van der Waals surface area contributed by atoms with Gasteiger partial charge in [-0.05, 0) is 25.3 Å². The highest BCUT2D eigenvalue weighted by molar-refractivity contribution is 7.98. The molecule has 0 aliphatic carbocycles. The van der Waals surface area contributed by atoms with Crippen molar-refractivity contribution in [1.29, 1.82) is 0 Å². The van der Waals surface area contributed by atoms with Crippen LogP contribution in [-0.2, 0) is 10.0 Å². The Morgan fingerprint density at radius 3 is 2.89 bits per heavy atom. The first-order chi connectivity index (χ1) is 8.38. The van der Waals surface area contributed by atoms with E-state index in [2.05, 4.69) is 9.71 Å². The molecule has 100 valence electrons. The van der Waals surface area contributed by atoms with Gasteiger partial charge in [-0.15, -0.1) is 0 Å². The lowest BCUT2D eigenvalue weighted by atomic mass is 10.3. The van der Waals surface area contributed by atoms with Crippen LogP contribution in [0.5, 0.6) is 0 Å². The molecule has 5 nitrogen and oxygen atoms in total. The Bertz CT molecular complexity index is 531. The summed E-state index contributed by atoms with van der Waals surface area (Å²) in [6.07, 6.45) is 3.37. The summed E-state index contributed by atoms with van der Waals surface area (Å²) >= 11 is 6.37. The van der Waals surface area contributed by atoms with E-state index in [1.54, 1.807) is 18.7 Å². The molecule has 1 heterocycles. The van der Waals surface area contributed by atoms with Crippen LogP contribution in [0.3, 0.4) is 0 Å². The molecule has 0 saturated carbocycles. The molecule has 0 bridgehead atoms. The number of hydrogen-bond donors (Lipinski definition) is 2. The zero-order valence-corrected chi connectivity index (χ0v) is 12.5. The average molecular weight is 305 g/mol. The summed E-state index contributed by atoms with van der Waals surface area (Å²) in [7, 11) is -3.65. The molecule has 0 aliphatic heterocycles. The highest BCUT2D eigenvalue weighted by atomic mass is 32.2. The Labute approximate surface area is 117 Å². The predicted octanol–water partition coefficient (Wildman–Crippen LogP) is 0.746. The standard InChI is InChI=1S/C10H15N3O2S3/c1-7(6-17-2)13-18(14,15)8-4-3-5-12-9(8)10(11)16/h3-5,7,13H,6H2,1-2H3,(H2,11,16). The van der Waals surface area contributed by atoms with Gasteiger partial charge in [-0.25, -0.2) is 13.1 Å². The Morgan fingerprint density at radius 1 is 1.67 bits per heavy atom. The van der Waals surface area contributed by atoms with Gasteiger partial charge in [0.15, 0.2) is 0 Å².